The van der Waals surface area contributed by atoms with Crippen LogP contribution in [-0.2, 0) is 0 Å². The highest BCUT2D eigenvalue weighted by Gasteiger charge is 2.26. The molecule has 2 aromatic heterocycles. The van der Waals surface area contributed by atoms with Gasteiger partial charge in [0.15, 0.2) is 0 Å². The van der Waals surface area contributed by atoms with Gasteiger partial charge in [-0.2, -0.15) is 0 Å². The van der Waals surface area contributed by atoms with Crippen LogP contribution in [0.2, 0.25) is 0 Å². The van der Waals surface area contributed by atoms with E-state index in [9.17, 15) is 0 Å². The number of rotatable bonds is 2. The van der Waals surface area contributed by atoms with Crippen LogP contribution in [0.4, 0.5) is 0 Å². The second-order valence-corrected chi connectivity index (χ2v) is 12.5. The molecule has 0 saturated carbocycles. The Kier molecular flexibility index (Phi) is 4.61. The molecule has 0 saturated heterocycles. The minimum absolute atomic E-state index is 1.17. The maximum absolute atomic E-state index is 2.53. The second-order valence-electron chi connectivity index (χ2n) is 12.5. The fourth-order valence-electron chi connectivity index (χ4n) is 8.42. The van der Waals surface area contributed by atoms with Gasteiger partial charge in [-0.1, -0.05) is 121 Å². The molecule has 0 radical (unpaired) electrons. The minimum atomic E-state index is 1.17. The zero-order valence-corrected chi connectivity index (χ0v) is 24.9. The van der Waals surface area contributed by atoms with Crippen molar-refractivity contribution in [2.24, 2.45) is 0 Å². The molecule has 2 nitrogen and oxygen atoms in total. The van der Waals surface area contributed by atoms with E-state index in [2.05, 4.69) is 167 Å². The first-order valence-corrected chi connectivity index (χ1v) is 16.0. The molecule has 0 atom stereocenters. The Labute approximate surface area is 265 Å². The van der Waals surface area contributed by atoms with E-state index in [1.165, 1.54) is 98.8 Å². The lowest BCUT2D eigenvalue weighted by molar-refractivity contribution is 1.18. The molecule has 11 rings (SSSR count). The molecule has 2 heteroatoms. The Morgan fingerprint density at radius 1 is 0.304 bits per heavy atom. The number of hydrogen-bond acceptors (Lipinski definition) is 0. The Hall–Kier alpha value is -6.12. The van der Waals surface area contributed by atoms with E-state index in [1.54, 1.807) is 0 Å². The average molecular weight is 583 g/mol. The van der Waals surface area contributed by atoms with Crippen LogP contribution < -0.4 is 0 Å². The van der Waals surface area contributed by atoms with Gasteiger partial charge in [-0.05, 0) is 74.8 Å². The number of aromatic nitrogens is 2. The summed E-state index contributed by atoms with van der Waals surface area (Å²) in [5, 5.41) is 10.3. The van der Waals surface area contributed by atoms with Crippen molar-refractivity contribution >= 4 is 65.2 Å². The second kappa shape index (κ2) is 8.74. The van der Waals surface area contributed by atoms with Crippen molar-refractivity contribution < 1.29 is 0 Å². The lowest BCUT2D eigenvalue weighted by Gasteiger charge is -2.14. The summed E-state index contributed by atoms with van der Waals surface area (Å²) in [4.78, 5) is 0. The normalized spacial score (nSPS) is 12.3. The van der Waals surface area contributed by atoms with Gasteiger partial charge >= 0.3 is 0 Å². The van der Waals surface area contributed by atoms with Gasteiger partial charge in [-0.15, -0.1) is 0 Å². The molecule has 0 unspecified atom stereocenters. The first-order chi connectivity index (χ1) is 22.9. The molecule has 0 spiro atoms. The molecular formula is C44H26N2. The first kappa shape index (κ1) is 24.2. The van der Waals surface area contributed by atoms with Gasteiger partial charge in [0.2, 0.25) is 0 Å². The van der Waals surface area contributed by atoms with Gasteiger partial charge in [0.25, 0.3) is 0 Å². The minimum Gasteiger partial charge on any atom is -0.309 e. The summed E-state index contributed by atoms with van der Waals surface area (Å²) >= 11 is 0. The monoisotopic (exact) mass is 582 g/mol. The first-order valence-electron chi connectivity index (χ1n) is 16.0. The molecule has 0 aliphatic heterocycles. The van der Waals surface area contributed by atoms with Crippen LogP contribution in [0.5, 0.6) is 0 Å². The Balaban J connectivity index is 1.37. The summed E-state index contributed by atoms with van der Waals surface area (Å²) in [6, 6.07) is 58.1. The van der Waals surface area contributed by atoms with Crippen molar-refractivity contribution in [3.05, 3.63) is 158 Å². The lowest BCUT2D eigenvalue weighted by Crippen LogP contribution is -1.97. The molecule has 212 valence electrons. The predicted molar refractivity (Wildman–Crippen MR) is 195 cm³/mol. The number of benzene rings is 8. The maximum atomic E-state index is 2.53. The van der Waals surface area contributed by atoms with E-state index in [-0.39, 0.29) is 0 Å². The zero-order chi connectivity index (χ0) is 29.9. The van der Waals surface area contributed by atoms with Gasteiger partial charge in [0, 0.05) is 38.3 Å². The molecule has 1 aliphatic carbocycles. The smallest absolute Gasteiger partial charge is 0.0647 e. The fourth-order valence-corrected chi connectivity index (χ4v) is 8.42. The summed E-state index contributed by atoms with van der Waals surface area (Å²) in [5.74, 6) is 0. The highest BCUT2D eigenvalue weighted by atomic mass is 15.0. The predicted octanol–water partition coefficient (Wildman–Crippen LogP) is 11.8. The fraction of sp³-hybridized carbons (Fsp3) is 0. The molecule has 0 amide bonds. The van der Waals surface area contributed by atoms with Gasteiger partial charge in [0.1, 0.15) is 0 Å². The topological polar surface area (TPSA) is 9.86 Å². The molecule has 0 bridgehead atoms. The van der Waals surface area contributed by atoms with E-state index in [0.717, 1.165) is 0 Å². The molecule has 0 N–H and O–H groups in total. The van der Waals surface area contributed by atoms with E-state index < -0.39 is 0 Å². The molecule has 46 heavy (non-hydrogen) atoms. The number of fused-ring (bicyclic) bond motifs is 13. The van der Waals surface area contributed by atoms with E-state index in [0.29, 0.717) is 0 Å². The van der Waals surface area contributed by atoms with Crippen LogP contribution in [0, 0.1) is 0 Å². The molecule has 10 aromatic rings. The third-order valence-corrected chi connectivity index (χ3v) is 10.2. The van der Waals surface area contributed by atoms with Crippen molar-refractivity contribution in [2.45, 2.75) is 0 Å². The van der Waals surface area contributed by atoms with Crippen LogP contribution in [0.3, 0.4) is 0 Å². The van der Waals surface area contributed by atoms with Gasteiger partial charge < -0.3 is 9.13 Å². The van der Waals surface area contributed by atoms with Crippen molar-refractivity contribution in [3.8, 4) is 33.6 Å². The standard InChI is InChI=1S/C44H26N2/c1-2-14-28(15-3-1)45-39-23-9-7-19-36(39)42-43(45)34-17-5-4-16-32(34)41-35-18-6-8-22-38(35)46(44(41)42)29-24-25-30-31-20-10-12-27-13-11-21-33(40(27)31)37(30)26-29/h1-26H. The molecule has 1 aliphatic rings. The molecule has 0 fully saturated rings. The van der Waals surface area contributed by atoms with Crippen LogP contribution in [0.25, 0.3) is 98.8 Å². The maximum Gasteiger partial charge on any atom is 0.0647 e. The Morgan fingerprint density at radius 3 is 1.63 bits per heavy atom. The Morgan fingerprint density at radius 2 is 0.891 bits per heavy atom. The van der Waals surface area contributed by atoms with E-state index >= 15 is 0 Å². The van der Waals surface area contributed by atoms with Crippen LogP contribution in [0.15, 0.2) is 158 Å². The summed E-state index contributed by atoms with van der Waals surface area (Å²) < 4.78 is 5.00. The summed E-state index contributed by atoms with van der Waals surface area (Å²) in [6.07, 6.45) is 0. The number of nitrogens with zero attached hydrogens (tertiary/aromatic N) is 2. The molecule has 2 heterocycles. The zero-order valence-electron chi connectivity index (χ0n) is 24.9. The van der Waals surface area contributed by atoms with Gasteiger partial charge in [-0.25, -0.2) is 0 Å². The summed E-state index contributed by atoms with van der Waals surface area (Å²) in [7, 11) is 0. The van der Waals surface area contributed by atoms with Gasteiger partial charge in [-0.3, -0.25) is 0 Å². The lowest BCUT2D eigenvalue weighted by atomic mass is 9.99. The van der Waals surface area contributed by atoms with E-state index in [1.807, 2.05) is 0 Å². The van der Waals surface area contributed by atoms with Gasteiger partial charge in [0.05, 0.1) is 22.1 Å². The third-order valence-electron chi connectivity index (χ3n) is 10.2. The van der Waals surface area contributed by atoms with Crippen molar-refractivity contribution in [1.29, 1.82) is 0 Å². The van der Waals surface area contributed by atoms with Crippen molar-refractivity contribution in [1.82, 2.24) is 9.13 Å². The SMILES string of the molecule is c1ccc(-n2c3ccccc3c3c2c2ccccc2c2c4ccccc4n(-c4ccc5c(c4)-c4cccc6cccc-5c46)c23)cc1. The largest absolute Gasteiger partial charge is 0.309 e. The summed E-state index contributed by atoms with van der Waals surface area (Å²) in [6.45, 7) is 0. The molecular weight excluding hydrogens is 556 g/mol. The highest BCUT2D eigenvalue weighted by Crippen LogP contribution is 2.50. The Bertz CT molecular complexity index is 2900. The average Bonchev–Trinajstić information content (AvgIpc) is 3.76. The van der Waals surface area contributed by atoms with Crippen molar-refractivity contribution in [2.75, 3.05) is 0 Å². The molecule has 8 aromatic carbocycles. The summed E-state index contributed by atoms with van der Waals surface area (Å²) in [5.41, 5.74) is 12.6. The van der Waals surface area contributed by atoms with Crippen molar-refractivity contribution in [3.63, 3.8) is 0 Å². The highest BCUT2D eigenvalue weighted by molar-refractivity contribution is 6.36. The van der Waals surface area contributed by atoms with E-state index in [4.69, 9.17) is 0 Å². The van der Waals surface area contributed by atoms with Crippen LogP contribution in [0.1, 0.15) is 0 Å². The quantitative estimate of drug-likeness (QED) is 0.192. The number of hydrogen-bond donors (Lipinski definition) is 0. The number of para-hydroxylation sites is 3. The van der Waals surface area contributed by atoms with Crippen LogP contribution in [-0.4, -0.2) is 9.13 Å². The van der Waals surface area contributed by atoms with Crippen LogP contribution >= 0.6 is 0 Å². The third kappa shape index (κ3) is 2.96.